The number of carbonyl (C=O) groups excluding carboxylic acids is 1. The van der Waals surface area contributed by atoms with Crippen molar-refractivity contribution in [3.05, 3.63) is 66.5 Å². The van der Waals surface area contributed by atoms with Crippen LogP contribution in [0.1, 0.15) is 43.5 Å². The van der Waals surface area contributed by atoms with Gasteiger partial charge in [0.1, 0.15) is 18.0 Å². The highest BCUT2D eigenvalue weighted by atomic mass is 16.5. The van der Waals surface area contributed by atoms with Gasteiger partial charge in [0.05, 0.1) is 13.3 Å². The Hall–Kier alpha value is -3.20. The number of methoxy groups -OCH3 is 1. The number of nitrogens with zero attached hydrogens (tertiary/aromatic N) is 5. The molecule has 2 aromatic carbocycles. The van der Waals surface area contributed by atoms with Gasteiger partial charge in [0.2, 0.25) is 5.91 Å². The van der Waals surface area contributed by atoms with Gasteiger partial charge >= 0.3 is 0 Å². The smallest absolute Gasteiger partial charge is 0.248 e. The van der Waals surface area contributed by atoms with Crippen LogP contribution in [-0.4, -0.2) is 79.5 Å². The second kappa shape index (κ2) is 12.1. The molecule has 38 heavy (non-hydrogen) atoms. The van der Waals surface area contributed by atoms with E-state index in [0.717, 1.165) is 73.6 Å². The molecule has 2 fully saturated rings. The van der Waals surface area contributed by atoms with E-state index in [4.69, 9.17) is 9.47 Å². The van der Waals surface area contributed by atoms with Crippen molar-refractivity contribution in [1.82, 2.24) is 19.6 Å². The molecule has 2 aliphatic heterocycles. The lowest BCUT2D eigenvalue weighted by atomic mass is 10.0. The van der Waals surface area contributed by atoms with Crippen LogP contribution in [0.15, 0.2) is 60.9 Å². The van der Waals surface area contributed by atoms with Crippen LogP contribution in [0.4, 0.5) is 5.69 Å². The predicted molar refractivity (Wildman–Crippen MR) is 149 cm³/mol. The molecule has 5 rings (SSSR count). The third-order valence-corrected chi connectivity index (χ3v) is 7.50. The minimum absolute atomic E-state index is 0.0236. The number of hydrogen-bond acceptors (Lipinski definition) is 6. The molecule has 3 aromatic rings. The number of amides is 1. The fourth-order valence-corrected chi connectivity index (χ4v) is 5.38. The SMILES string of the molecule is COc1cccc(C2C(=O)N(c3ccc(-c4cnn(C5CCCCO5)c4)cc3)CCCN2CCN(C)C)c1. The Bertz CT molecular complexity index is 1200. The average Bonchev–Trinajstić information content (AvgIpc) is 3.38. The van der Waals surface area contributed by atoms with Gasteiger partial charge in [-0.1, -0.05) is 24.3 Å². The number of aromatic nitrogens is 2. The van der Waals surface area contributed by atoms with Gasteiger partial charge < -0.3 is 19.3 Å². The summed E-state index contributed by atoms with van der Waals surface area (Å²) in [5.41, 5.74) is 4.02. The number of rotatable bonds is 8. The Morgan fingerprint density at radius 3 is 2.63 bits per heavy atom. The molecule has 1 amide bonds. The van der Waals surface area contributed by atoms with Gasteiger partial charge in [-0.15, -0.1) is 0 Å². The minimum atomic E-state index is -0.360. The zero-order valence-electron chi connectivity index (χ0n) is 22.8. The molecule has 0 aliphatic carbocycles. The summed E-state index contributed by atoms with van der Waals surface area (Å²) in [5, 5.41) is 4.56. The van der Waals surface area contributed by atoms with Gasteiger partial charge in [0.15, 0.2) is 0 Å². The molecule has 8 nitrogen and oxygen atoms in total. The summed E-state index contributed by atoms with van der Waals surface area (Å²) in [6.07, 6.45) is 8.17. The first-order valence-corrected chi connectivity index (χ1v) is 13.6. The Kier molecular flexibility index (Phi) is 8.42. The van der Waals surface area contributed by atoms with Crippen LogP contribution in [0.25, 0.3) is 11.1 Å². The quantitative estimate of drug-likeness (QED) is 0.435. The van der Waals surface area contributed by atoms with E-state index < -0.39 is 0 Å². The van der Waals surface area contributed by atoms with E-state index in [1.165, 1.54) is 6.42 Å². The fourth-order valence-electron chi connectivity index (χ4n) is 5.38. The first-order chi connectivity index (χ1) is 18.5. The van der Waals surface area contributed by atoms with E-state index in [1.54, 1.807) is 7.11 Å². The second-order valence-corrected chi connectivity index (χ2v) is 10.4. The number of hydrogen-bond donors (Lipinski definition) is 0. The van der Waals surface area contributed by atoms with Crippen LogP contribution in [0.2, 0.25) is 0 Å². The molecule has 0 N–H and O–H groups in total. The predicted octanol–water partition coefficient (Wildman–Crippen LogP) is 4.60. The van der Waals surface area contributed by atoms with Crippen LogP contribution >= 0.6 is 0 Å². The van der Waals surface area contributed by atoms with Crippen LogP contribution in [0, 0.1) is 0 Å². The number of anilines is 1. The topological polar surface area (TPSA) is 63.1 Å². The molecule has 2 atom stereocenters. The van der Waals surface area contributed by atoms with Gasteiger partial charge in [0.25, 0.3) is 0 Å². The number of carbonyl (C=O) groups is 1. The molecule has 8 heteroatoms. The highest BCUT2D eigenvalue weighted by Gasteiger charge is 2.34. The van der Waals surface area contributed by atoms with E-state index in [1.807, 2.05) is 40.0 Å². The van der Waals surface area contributed by atoms with E-state index >= 15 is 0 Å². The number of likely N-dealkylation sites (N-methyl/N-ethyl adjacent to an activating group) is 1. The van der Waals surface area contributed by atoms with Crippen molar-refractivity contribution in [2.45, 2.75) is 38.0 Å². The maximum absolute atomic E-state index is 14.1. The summed E-state index contributed by atoms with van der Waals surface area (Å²) >= 11 is 0. The summed E-state index contributed by atoms with van der Waals surface area (Å²) in [7, 11) is 5.80. The normalized spacial score (nSPS) is 21.1. The molecular weight excluding hydrogens is 478 g/mol. The largest absolute Gasteiger partial charge is 0.497 e. The molecular formula is C30H39N5O3. The van der Waals surface area contributed by atoms with Crippen LogP contribution in [-0.2, 0) is 9.53 Å². The number of ether oxygens (including phenoxy) is 2. The maximum Gasteiger partial charge on any atom is 0.248 e. The highest BCUT2D eigenvalue weighted by Crippen LogP contribution is 2.32. The Balaban J connectivity index is 1.38. The standard InChI is InChI=1S/C30H39N5O3/c1-32(2)17-18-33-15-7-16-34(30(36)29(33)24-8-6-9-27(20-24)37-3)26-13-11-23(12-14-26)25-21-31-35(22-25)28-10-4-5-19-38-28/h6,8-9,11-14,20-22,28-29H,4-5,7,10,15-19H2,1-3H3. The second-order valence-electron chi connectivity index (χ2n) is 10.4. The van der Waals surface area contributed by atoms with E-state index in [-0.39, 0.29) is 18.2 Å². The van der Waals surface area contributed by atoms with E-state index in [9.17, 15) is 4.79 Å². The summed E-state index contributed by atoms with van der Waals surface area (Å²) in [6, 6.07) is 15.8. The Morgan fingerprint density at radius 1 is 1.05 bits per heavy atom. The van der Waals surface area contributed by atoms with Crippen molar-refractivity contribution in [1.29, 1.82) is 0 Å². The summed E-state index contributed by atoms with van der Waals surface area (Å²) in [6.45, 7) is 4.05. The zero-order valence-corrected chi connectivity index (χ0v) is 22.8. The van der Waals surface area contributed by atoms with Crippen molar-refractivity contribution < 1.29 is 14.3 Å². The molecule has 2 saturated heterocycles. The van der Waals surface area contributed by atoms with Crippen molar-refractivity contribution in [3.8, 4) is 16.9 Å². The van der Waals surface area contributed by atoms with E-state index in [2.05, 4.69) is 59.5 Å². The lowest BCUT2D eigenvalue weighted by Gasteiger charge is -2.32. The van der Waals surface area contributed by atoms with Gasteiger partial charge in [-0.05, 0) is 75.2 Å². The molecule has 2 aliphatic rings. The average molecular weight is 518 g/mol. The van der Waals surface area contributed by atoms with Crippen LogP contribution in [0.5, 0.6) is 5.75 Å². The molecule has 3 heterocycles. The molecule has 1 aromatic heterocycles. The van der Waals surface area contributed by atoms with Gasteiger partial charge in [-0.2, -0.15) is 5.10 Å². The summed E-state index contributed by atoms with van der Waals surface area (Å²) < 4.78 is 13.3. The molecule has 2 unspecified atom stereocenters. The first kappa shape index (κ1) is 26.4. The van der Waals surface area contributed by atoms with E-state index in [0.29, 0.717) is 6.54 Å². The lowest BCUT2D eigenvalue weighted by Crippen LogP contribution is -2.42. The van der Waals surface area contributed by atoms with Gasteiger partial charge in [-0.25, -0.2) is 4.68 Å². The Labute approximate surface area is 225 Å². The van der Waals surface area contributed by atoms with Gasteiger partial charge in [-0.3, -0.25) is 9.69 Å². The molecule has 0 saturated carbocycles. The summed E-state index contributed by atoms with van der Waals surface area (Å²) in [4.78, 5) is 20.6. The molecule has 0 bridgehead atoms. The zero-order chi connectivity index (χ0) is 26.5. The minimum Gasteiger partial charge on any atom is -0.497 e. The summed E-state index contributed by atoms with van der Waals surface area (Å²) in [5.74, 6) is 0.867. The third kappa shape index (κ3) is 5.93. The molecule has 0 radical (unpaired) electrons. The molecule has 202 valence electrons. The monoisotopic (exact) mass is 517 g/mol. The maximum atomic E-state index is 14.1. The molecule has 0 spiro atoms. The van der Waals surface area contributed by atoms with Crippen molar-refractivity contribution in [3.63, 3.8) is 0 Å². The van der Waals surface area contributed by atoms with Crippen molar-refractivity contribution >= 4 is 11.6 Å². The van der Waals surface area contributed by atoms with Crippen molar-refractivity contribution in [2.75, 3.05) is 58.9 Å². The van der Waals surface area contributed by atoms with Crippen molar-refractivity contribution in [2.24, 2.45) is 0 Å². The third-order valence-electron chi connectivity index (χ3n) is 7.50. The van der Waals surface area contributed by atoms with Crippen LogP contribution in [0.3, 0.4) is 0 Å². The van der Waals surface area contributed by atoms with Gasteiger partial charge in [0, 0.05) is 50.2 Å². The fraction of sp³-hybridized carbons (Fsp3) is 0.467. The lowest BCUT2D eigenvalue weighted by molar-refractivity contribution is -0.123. The highest BCUT2D eigenvalue weighted by molar-refractivity contribution is 5.98. The Morgan fingerprint density at radius 2 is 1.89 bits per heavy atom. The first-order valence-electron chi connectivity index (χ1n) is 13.6. The van der Waals surface area contributed by atoms with Crippen LogP contribution < -0.4 is 9.64 Å². The number of benzene rings is 2.